The number of rotatable bonds is 7. The second kappa shape index (κ2) is 9.32. The Hall–Kier alpha value is -2.17. The highest BCUT2D eigenvalue weighted by Crippen LogP contribution is 2.38. The van der Waals surface area contributed by atoms with Crippen LogP contribution in [0.25, 0.3) is 0 Å². The van der Waals surface area contributed by atoms with E-state index in [2.05, 4.69) is 63.8 Å². The van der Waals surface area contributed by atoms with E-state index in [0.29, 0.717) is 18.4 Å². The Kier molecular flexibility index (Phi) is 6.99. The van der Waals surface area contributed by atoms with Crippen LogP contribution in [0.5, 0.6) is 0 Å². The maximum Gasteiger partial charge on any atom is 0.254 e. The predicted octanol–water partition coefficient (Wildman–Crippen LogP) is 4.33. The number of carbonyl (C=O) groups is 1. The van der Waals surface area contributed by atoms with Crippen LogP contribution in [0.2, 0.25) is 0 Å². The van der Waals surface area contributed by atoms with Crippen LogP contribution < -0.4 is 0 Å². The van der Waals surface area contributed by atoms with Crippen molar-refractivity contribution in [2.24, 2.45) is 5.92 Å². The van der Waals surface area contributed by atoms with Crippen molar-refractivity contribution in [3.8, 4) is 0 Å². The number of aryl methyl sites for hydroxylation is 1. The van der Waals surface area contributed by atoms with Crippen molar-refractivity contribution in [3.63, 3.8) is 0 Å². The van der Waals surface area contributed by atoms with Gasteiger partial charge in [0.25, 0.3) is 5.91 Å². The summed E-state index contributed by atoms with van der Waals surface area (Å²) in [7, 11) is 0. The molecule has 0 radical (unpaired) electrons. The lowest BCUT2D eigenvalue weighted by Crippen LogP contribution is -2.46. The highest BCUT2D eigenvalue weighted by atomic mass is 16.3. The van der Waals surface area contributed by atoms with Gasteiger partial charge >= 0.3 is 0 Å². The van der Waals surface area contributed by atoms with Crippen LogP contribution in [0, 0.1) is 12.8 Å². The molecule has 0 aromatic heterocycles. The molecule has 4 heteroatoms. The summed E-state index contributed by atoms with van der Waals surface area (Å²) < 4.78 is 0. The van der Waals surface area contributed by atoms with Gasteiger partial charge in [0.05, 0.1) is 6.61 Å². The van der Waals surface area contributed by atoms with E-state index in [-0.39, 0.29) is 24.1 Å². The molecule has 0 spiro atoms. The van der Waals surface area contributed by atoms with E-state index >= 15 is 0 Å². The Bertz CT molecular complexity index is 847. The van der Waals surface area contributed by atoms with Crippen molar-refractivity contribution < 1.29 is 9.90 Å². The molecular weight excluding hydrogens is 372 g/mol. The topological polar surface area (TPSA) is 43.8 Å². The van der Waals surface area contributed by atoms with Gasteiger partial charge in [-0.05, 0) is 63.8 Å². The number of nitrogens with zero attached hydrogens (tertiary/aromatic N) is 2. The van der Waals surface area contributed by atoms with Gasteiger partial charge in [-0.1, -0.05) is 42.5 Å². The van der Waals surface area contributed by atoms with Crippen LogP contribution >= 0.6 is 0 Å². The molecule has 3 rings (SSSR count). The summed E-state index contributed by atoms with van der Waals surface area (Å²) >= 11 is 0. The number of hydrogen-bond acceptors (Lipinski definition) is 3. The number of aliphatic hydroxyl groups excluding tert-OH is 1. The number of aliphatic hydroxyl groups is 1. The summed E-state index contributed by atoms with van der Waals surface area (Å²) in [6, 6.07) is 18.3. The third kappa shape index (κ3) is 4.76. The lowest BCUT2D eigenvalue weighted by atomic mass is 9.86. The van der Waals surface area contributed by atoms with Crippen molar-refractivity contribution in [2.75, 3.05) is 26.2 Å². The van der Waals surface area contributed by atoms with E-state index in [9.17, 15) is 9.90 Å². The minimum absolute atomic E-state index is 0.0917. The van der Waals surface area contributed by atoms with Crippen LogP contribution in [0.1, 0.15) is 55.1 Å². The third-order valence-corrected chi connectivity index (χ3v) is 6.61. The zero-order chi connectivity index (χ0) is 21.9. The molecule has 162 valence electrons. The first-order valence-electron chi connectivity index (χ1n) is 11.0. The molecule has 4 nitrogen and oxygen atoms in total. The molecule has 0 bridgehead atoms. The molecule has 2 unspecified atom stereocenters. The van der Waals surface area contributed by atoms with Gasteiger partial charge in [-0.3, -0.25) is 9.69 Å². The quantitative estimate of drug-likeness (QED) is 0.741. The van der Waals surface area contributed by atoms with Crippen LogP contribution in [0.15, 0.2) is 54.6 Å². The number of hydrogen-bond donors (Lipinski definition) is 1. The molecule has 1 amide bonds. The van der Waals surface area contributed by atoms with Crippen molar-refractivity contribution >= 4 is 5.91 Å². The standard InChI is InChI=1S/C26H36N2O2/c1-19(2)28(25(30)21-12-7-6-8-13-21)16-22-15-27(26(4,5)18-29)17-24(22)23-14-10-9-11-20(23)3/h6-14,19,22,24,29H,15-18H2,1-5H3. The lowest BCUT2D eigenvalue weighted by Gasteiger charge is -2.34. The summed E-state index contributed by atoms with van der Waals surface area (Å²) in [4.78, 5) is 17.7. The van der Waals surface area contributed by atoms with Gasteiger partial charge in [-0.15, -0.1) is 0 Å². The number of carbonyl (C=O) groups excluding carboxylic acids is 1. The van der Waals surface area contributed by atoms with Crippen LogP contribution in [-0.4, -0.2) is 58.6 Å². The van der Waals surface area contributed by atoms with Crippen molar-refractivity contribution in [3.05, 3.63) is 71.3 Å². The van der Waals surface area contributed by atoms with Gasteiger partial charge < -0.3 is 10.0 Å². The van der Waals surface area contributed by atoms with Gasteiger partial charge in [-0.25, -0.2) is 0 Å². The molecule has 1 aliphatic heterocycles. The molecule has 1 aliphatic rings. The molecule has 0 saturated carbocycles. The monoisotopic (exact) mass is 408 g/mol. The normalized spacial score (nSPS) is 20.0. The fraction of sp³-hybridized carbons (Fsp3) is 0.500. The third-order valence-electron chi connectivity index (χ3n) is 6.61. The fourth-order valence-corrected chi connectivity index (χ4v) is 4.53. The molecule has 2 aromatic rings. The van der Waals surface area contributed by atoms with Crippen molar-refractivity contribution in [1.29, 1.82) is 0 Å². The number of amides is 1. The lowest BCUT2D eigenvalue weighted by molar-refractivity contribution is 0.0617. The average Bonchev–Trinajstić information content (AvgIpc) is 3.17. The molecule has 1 N–H and O–H groups in total. The summed E-state index contributed by atoms with van der Waals surface area (Å²) in [5.41, 5.74) is 3.11. The van der Waals surface area contributed by atoms with E-state index in [0.717, 1.165) is 18.7 Å². The van der Waals surface area contributed by atoms with Crippen molar-refractivity contribution in [1.82, 2.24) is 9.80 Å². The molecule has 2 atom stereocenters. The maximum atomic E-state index is 13.3. The first-order chi connectivity index (χ1) is 14.2. The molecule has 30 heavy (non-hydrogen) atoms. The van der Waals surface area contributed by atoms with E-state index in [1.165, 1.54) is 11.1 Å². The molecule has 1 heterocycles. The van der Waals surface area contributed by atoms with Crippen LogP contribution in [0.3, 0.4) is 0 Å². The summed E-state index contributed by atoms with van der Waals surface area (Å²) in [5.74, 6) is 0.739. The predicted molar refractivity (Wildman–Crippen MR) is 123 cm³/mol. The van der Waals surface area contributed by atoms with Gasteiger partial charge in [0, 0.05) is 42.7 Å². The second-order valence-corrected chi connectivity index (χ2v) is 9.52. The van der Waals surface area contributed by atoms with E-state index in [1.54, 1.807) is 0 Å². The molecule has 1 saturated heterocycles. The summed E-state index contributed by atoms with van der Waals surface area (Å²) in [6.07, 6.45) is 0. The fourth-order valence-electron chi connectivity index (χ4n) is 4.53. The number of benzene rings is 2. The maximum absolute atomic E-state index is 13.3. The van der Waals surface area contributed by atoms with E-state index in [1.807, 2.05) is 35.2 Å². The summed E-state index contributed by atoms with van der Waals surface area (Å²) in [5, 5.41) is 9.95. The molecule has 1 fully saturated rings. The first kappa shape index (κ1) is 22.5. The van der Waals surface area contributed by atoms with Crippen LogP contribution in [-0.2, 0) is 0 Å². The largest absolute Gasteiger partial charge is 0.394 e. The highest BCUT2D eigenvalue weighted by molar-refractivity contribution is 5.94. The van der Waals surface area contributed by atoms with Gasteiger partial charge in [0.2, 0.25) is 0 Å². The van der Waals surface area contributed by atoms with E-state index in [4.69, 9.17) is 0 Å². The van der Waals surface area contributed by atoms with Gasteiger partial charge in [0.15, 0.2) is 0 Å². The smallest absolute Gasteiger partial charge is 0.254 e. The Labute approximate surface area is 181 Å². The summed E-state index contributed by atoms with van der Waals surface area (Å²) in [6.45, 7) is 13.1. The Morgan fingerprint density at radius 2 is 1.73 bits per heavy atom. The minimum atomic E-state index is -0.276. The van der Waals surface area contributed by atoms with E-state index < -0.39 is 0 Å². The Morgan fingerprint density at radius 3 is 2.33 bits per heavy atom. The van der Waals surface area contributed by atoms with Crippen molar-refractivity contribution in [2.45, 2.75) is 52.1 Å². The first-order valence-corrected chi connectivity index (χ1v) is 11.0. The molecule has 2 aromatic carbocycles. The Morgan fingerprint density at radius 1 is 1.10 bits per heavy atom. The van der Waals surface area contributed by atoms with Crippen LogP contribution in [0.4, 0.5) is 0 Å². The highest BCUT2D eigenvalue weighted by Gasteiger charge is 2.41. The zero-order valence-electron chi connectivity index (χ0n) is 19.0. The van der Waals surface area contributed by atoms with Gasteiger partial charge in [0.1, 0.15) is 0 Å². The average molecular weight is 409 g/mol. The minimum Gasteiger partial charge on any atom is -0.394 e. The van der Waals surface area contributed by atoms with Gasteiger partial charge in [-0.2, -0.15) is 0 Å². The molecule has 0 aliphatic carbocycles. The molecular formula is C26H36N2O2. The number of likely N-dealkylation sites (tertiary alicyclic amines) is 1. The second-order valence-electron chi connectivity index (χ2n) is 9.52. The Balaban J connectivity index is 1.91. The SMILES string of the molecule is Cc1ccccc1C1CN(C(C)(C)CO)CC1CN(C(=O)c1ccccc1)C(C)C. The zero-order valence-corrected chi connectivity index (χ0v) is 19.0.